The van der Waals surface area contributed by atoms with Crippen molar-refractivity contribution in [2.75, 3.05) is 13.1 Å². The summed E-state index contributed by atoms with van der Waals surface area (Å²) < 4.78 is 0. The Bertz CT molecular complexity index is 222. The van der Waals surface area contributed by atoms with E-state index in [9.17, 15) is 0 Å². The summed E-state index contributed by atoms with van der Waals surface area (Å²) in [5.41, 5.74) is 0. The summed E-state index contributed by atoms with van der Waals surface area (Å²) in [7, 11) is 0. The molecule has 0 radical (unpaired) electrons. The molecular formula is C18H35N. The molecule has 2 rings (SSSR count). The van der Waals surface area contributed by atoms with Crippen molar-refractivity contribution in [1.29, 1.82) is 0 Å². The van der Waals surface area contributed by atoms with Gasteiger partial charge in [-0.05, 0) is 63.5 Å². The lowest BCUT2D eigenvalue weighted by molar-refractivity contribution is 0.0906. The maximum absolute atomic E-state index is 2.84. The zero-order chi connectivity index (χ0) is 13.5. The zero-order valence-electron chi connectivity index (χ0n) is 13.4. The molecule has 1 heterocycles. The van der Waals surface area contributed by atoms with Crippen LogP contribution in [0.15, 0.2) is 0 Å². The molecule has 19 heavy (non-hydrogen) atoms. The minimum absolute atomic E-state index is 0.945. The number of likely N-dealkylation sites (tertiary alicyclic amines) is 1. The summed E-state index contributed by atoms with van der Waals surface area (Å²) in [6.45, 7) is 7.46. The van der Waals surface area contributed by atoms with Gasteiger partial charge in [0.15, 0.2) is 0 Å². The number of piperidine rings is 1. The normalized spacial score (nSPS) is 30.6. The molecule has 1 heteroatoms. The molecule has 0 spiro atoms. The van der Waals surface area contributed by atoms with E-state index < -0.39 is 0 Å². The predicted octanol–water partition coefficient (Wildman–Crippen LogP) is 5.25. The Morgan fingerprint density at radius 1 is 0.737 bits per heavy atom. The third kappa shape index (κ3) is 4.77. The second-order valence-corrected chi connectivity index (χ2v) is 7.08. The Labute approximate surface area is 121 Å². The van der Waals surface area contributed by atoms with E-state index in [2.05, 4.69) is 18.7 Å². The highest BCUT2D eigenvalue weighted by atomic mass is 15.2. The topological polar surface area (TPSA) is 3.24 Å². The van der Waals surface area contributed by atoms with Gasteiger partial charge in [0.05, 0.1) is 0 Å². The molecule has 0 aromatic heterocycles. The highest BCUT2D eigenvalue weighted by molar-refractivity contribution is 4.83. The van der Waals surface area contributed by atoms with Crippen LogP contribution in [0.25, 0.3) is 0 Å². The molecule has 0 bridgehead atoms. The van der Waals surface area contributed by atoms with Gasteiger partial charge in [-0.25, -0.2) is 0 Å². The Hall–Kier alpha value is -0.0400. The molecule has 0 N–H and O–H groups in total. The molecule has 2 aliphatic rings. The van der Waals surface area contributed by atoms with Gasteiger partial charge in [-0.15, -0.1) is 0 Å². The summed E-state index contributed by atoms with van der Waals surface area (Å²) in [6.07, 6.45) is 16.2. The van der Waals surface area contributed by atoms with Gasteiger partial charge in [-0.1, -0.05) is 46.0 Å². The average Bonchev–Trinajstić information content (AvgIpc) is 2.47. The molecule has 1 saturated heterocycles. The van der Waals surface area contributed by atoms with Crippen LogP contribution < -0.4 is 0 Å². The second-order valence-electron chi connectivity index (χ2n) is 7.08. The summed E-state index contributed by atoms with van der Waals surface area (Å²) in [5.74, 6) is 2.11. The van der Waals surface area contributed by atoms with Crippen LogP contribution in [-0.4, -0.2) is 24.0 Å². The Morgan fingerprint density at radius 2 is 1.37 bits per heavy atom. The molecule has 1 aliphatic heterocycles. The summed E-state index contributed by atoms with van der Waals surface area (Å²) in [5, 5.41) is 0. The van der Waals surface area contributed by atoms with Gasteiger partial charge in [0.1, 0.15) is 0 Å². The lowest BCUT2D eigenvalue weighted by Gasteiger charge is -2.41. The van der Waals surface area contributed by atoms with E-state index in [-0.39, 0.29) is 0 Å². The molecule has 1 nitrogen and oxygen atoms in total. The van der Waals surface area contributed by atoms with E-state index in [0.29, 0.717) is 0 Å². The maximum atomic E-state index is 2.84. The second kappa shape index (κ2) is 8.29. The summed E-state index contributed by atoms with van der Waals surface area (Å²) in [4.78, 5) is 2.84. The first-order chi connectivity index (χ1) is 9.33. The number of hydrogen-bond donors (Lipinski definition) is 0. The SMILES string of the molecule is CCCCC1CCC(N2CCC(CCC)CC2)CC1. The van der Waals surface area contributed by atoms with E-state index in [1.165, 1.54) is 83.7 Å². The highest BCUT2D eigenvalue weighted by Crippen LogP contribution is 2.33. The van der Waals surface area contributed by atoms with Crippen LogP contribution in [0.5, 0.6) is 0 Å². The molecule has 0 aromatic carbocycles. The van der Waals surface area contributed by atoms with Crippen molar-refractivity contribution in [3.05, 3.63) is 0 Å². The first-order valence-corrected chi connectivity index (χ1v) is 9.07. The summed E-state index contributed by atoms with van der Waals surface area (Å²) >= 11 is 0. The van der Waals surface area contributed by atoms with Crippen LogP contribution in [0.2, 0.25) is 0 Å². The highest BCUT2D eigenvalue weighted by Gasteiger charge is 2.28. The van der Waals surface area contributed by atoms with Crippen LogP contribution in [0.3, 0.4) is 0 Å². The number of rotatable bonds is 6. The molecule has 112 valence electrons. The van der Waals surface area contributed by atoms with Gasteiger partial charge in [-0.2, -0.15) is 0 Å². The van der Waals surface area contributed by atoms with Gasteiger partial charge in [-0.3, -0.25) is 0 Å². The Balaban J connectivity index is 1.65. The number of hydrogen-bond acceptors (Lipinski definition) is 1. The van der Waals surface area contributed by atoms with E-state index >= 15 is 0 Å². The maximum Gasteiger partial charge on any atom is 0.00954 e. The van der Waals surface area contributed by atoms with Crippen LogP contribution in [-0.2, 0) is 0 Å². The monoisotopic (exact) mass is 265 g/mol. The molecule has 1 aliphatic carbocycles. The van der Waals surface area contributed by atoms with Gasteiger partial charge >= 0.3 is 0 Å². The lowest BCUT2D eigenvalue weighted by atomic mass is 9.81. The fourth-order valence-electron chi connectivity index (χ4n) is 4.31. The van der Waals surface area contributed by atoms with Crippen LogP contribution in [0, 0.1) is 11.8 Å². The fourth-order valence-corrected chi connectivity index (χ4v) is 4.31. The molecule has 0 unspecified atom stereocenters. The van der Waals surface area contributed by atoms with Crippen LogP contribution >= 0.6 is 0 Å². The number of unbranched alkanes of at least 4 members (excludes halogenated alkanes) is 1. The third-order valence-corrected chi connectivity index (χ3v) is 5.64. The Morgan fingerprint density at radius 3 is 1.95 bits per heavy atom. The molecule has 2 fully saturated rings. The van der Waals surface area contributed by atoms with E-state index in [1.807, 2.05) is 0 Å². The van der Waals surface area contributed by atoms with Crippen molar-refractivity contribution >= 4 is 0 Å². The molecule has 0 aromatic rings. The van der Waals surface area contributed by atoms with Gasteiger partial charge in [0.25, 0.3) is 0 Å². The predicted molar refractivity (Wildman–Crippen MR) is 84.5 cm³/mol. The first kappa shape index (κ1) is 15.4. The van der Waals surface area contributed by atoms with Crippen molar-refractivity contribution in [3.63, 3.8) is 0 Å². The lowest BCUT2D eigenvalue weighted by Crippen LogP contribution is -2.43. The van der Waals surface area contributed by atoms with Crippen molar-refractivity contribution in [1.82, 2.24) is 4.90 Å². The zero-order valence-corrected chi connectivity index (χ0v) is 13.4. The van der Waals surface area contributed by atoms with Crippen LogP contribution in [0.4, 0.5) is 0 Å². The number of nitrogens with zero attached hydrogens (tertiary/aromatic N) is 1. The van der Waals surface area contributed by atoms with Crippen molar-refractivity contribution in [2.24, 2.45) is 11.8 Å². The smallest absolute Gasteiger partial charge is 0.00954 e. The van der Waals surface area contributed by atoms with E-state index in [4.69, 9.17) is 0 Å². The van der Waals surface area contributed by atoms with E-state index in [0.717, 1.165) is 17.9 Å². The third-order valence-electron chi connectivity index (χ3n) is 5.64. The van der Waals surface area contributed by atoms with Crippen molar-refractivity contribution in [2.45, 2.75) is 90.5 Å². The average molecular weight is 265 g/mol. The van der Waals surface area contributed by atoms with Gasteiger partial charge < -0.3 is 4.90 Å². The van der Waals surface area contributed by atoms with Gasteiger partial charge in [0, 0.05) is 6.04 Å². The minimum atomic E-state index is 0.945. The molecular weight excluding hydrogens is 230 g/mol. The van der Waals surface area contributed by atoms with E-state index in [1.54, 1.807) is 0 Å². The summed E-state index contributed by atoms with van der Waals surface area (Å²) in [6, 6.07) is 0.945. The largest absolute Gasteiger partial charge is 0.300 e. The van der Waals surface area contributed by atoms with Crippen LogP contribution in [0.1, 0.15) is 84.5 Å². The quantitative estimate of drug-likeness (QED) is 0.634. The minimum Gasteiger partial charge on any atom is -0.300 e. The molecule has 0 amide bonds. The molecule has 1 saturated carbocycles. The van der Waals surface area contributed by atoms with Crippen molar-refractivity contribution < 1.29 is 0 Å². The molecule has 0 atom stereocenters. The fraction of sp³-hybridized carbons (Fsp3) is 1.00. The standard InChI is InChI=1S/C18H35N/c1-3-5-7-17-8-10-18(11-9-17)19-14-12-16(6-4-2)13-15-19/h16-18H,3-15H2,1-2H3. The Kier molecular flexibility index (Phi) is 6.70. The van der Waals surface area contributed by atoms with Gasteiger partial charge in [0.2, 0.25) is 0 Å². The first-order valence-electron chi connectivity index (χ1n) is 9.07. The van der Waals surface area contributed by atoms with Crippen molar-refractivity contribution in [3.8, 4) is 0 Å².